The van der Waals surface area contributed by atoms with E-state index in [-0.39, 0.29) is 10.3 Å². The normalized spacial score (nSPS) is 14.8. The standard InChI is InChI=1S/C21H18F3N3OS2/c1-13-5-2-3-8-17(13)27-18(21(22,23)24)16(12-25-27)19(28)26-15-7-4-6-14(11-15)20-29-9-10-30-20/h2-8,11-12,20H,9-10H2,1H3,(H,26,28). The zero-order valence-corrected chi connectivity index (χ0v) is 17.6. The van der Waals surface area contributed by atoms with Gasteiger partial charge in [0.1, 0.15) is 0 Å². The fourth-order valence-electron chi connectivity index (χ4n) is 3.28. The molecule has 1 aliphatic rings. The fraction of sp³-hybridized carbons (Fsp3) is 0.238. The molecule has 9 heteroatoms. The highest BCUT2D eigenvalue weighted by atomic mass is 32.2. The van der Waals surface area contributed by atoms with Crippen LogP contribution in [-0.2, 0) is 6.18 Å². The number of hydrogen-bond donors (Lipinski definition) is 1. The number of carbonyl (C=O) groups is 1. The van der Waals surface area contributed by atoms with Gasteiger partial charge in [-0.1, -0.05) is 30.3 Å². The zero-order valence-electron chi connectivity index (χ0n) is 15.9. The van der Waals surface area contributed by atoms with Crippen molar-refractivity contribution >= 4 is 35.1 Å². The number of nitrogens with zero attached hydrogens (tertiary/aromatic N) is 2. The Balaban J connectivity index is 1.67. The number of aryl methyl sites for hydroxylation is 1. The van der Waals surface area contributed by atoms with Gasteiger partial charge in [0, 0.05) is 17.2 Å². The third-order valence-corrected chi connectivity index (χ3v) is 7.77. The van der Waals surface area contributed by atoms with Crippen molar-refractivity contribution in [1.82, 2.24) is 9.78 Å². The number of para-hydroxylation sites is 1. The number of aromatic nitrogens is 2. The molecule has 2 aromatic carbocycles. The van der Waals surface area contributed by atoms with Gasteiger partial charge in [-0.05, 0) is 36.2 Å². The molecular formula is C21H18F3N3OS2. The van der Waals surface area contributed by atoms with Gasteiger partial charge in [0.25, 0.3) is 5.91 Å². The molecule has 4 nitrogen and oxygen atoms in total. The van der Waals surface area contributed by atoms with Gasteiger partial charge in [-0.3, -0.25) is 4.79 Å². The Morgan fingerprint density at radius 2 is 1.87 bits per heavy atom. The molecule has 30 heavy (non-hydrogen) atoms. The van der Waals surface area contributed by atoms with Gasteiger partial charge >= 0.3 is 6.18 Å². The highest BCUT2D eigenvalue weighted by Crippen LogP contribution is 2.45. The Morgan fingerprint density at radius 3 is 2.57 bits per heavy atom. The van der Waals surface area contributed by atoms with E-state index in [2.05, 4.69) is 10.4 Å². The molecule has 1 aliphatic heterocycles. The Labute approximate surface area is 180 Å². The van der Waals surface area contributed by atoms with Crippen molar-refractivity contribution < 1.29 is 18.0 Å². The first kappa shape index (κ1) is 20.9. The number of amides is 1. The van der Waals surface area contributed by atoms with E-state index in [0.717, 1.165) is 27.9 Å². The molecule has 0 aliphatic carbocycles. The molecule has 156 valence electrons. The van der Waals surface area contributed by atoms with Crippen molar-refractivity contribution in [3.8, 4) is 5.69 Å². The molecule has 0 radical (unpaired) electrons. The second kappa shape index (κ2) is 8.39. The lowest BCUT2D eigenvalue weighted by Crippen LogP contribution is -2.21. The first-order chi connectivity index (χ1) is 14.3. The lowest BCUT2D eigenvalue weighted by Gasteiger charge is -2.15. The third kappa shape index (κ3) is 4.22. The quantitative estimate of drug-likeness (QED) is 0.536. The number of carbonyl (C=O) groups excluding carboxylic acids is 1. The molecule has 1 N–H and O–H groups in total. The highest BCUT2D eigenvalue weighted by molar-refractivity contribution is 8.19. The van der Waals surface area contributed by atoms with Crippen LogP contribution < -0.4 is 5.32 Å². The largest absolute Gasteiger partial charge is 0.434 e. The van der Waals surface area contributed by atoms with Crippen molar-refractivity contribution in [3.63, 3.8) is 0 Å². The van der Waals surface area contributed by atoms with Crippen molar-refractivity contribution in [1.29, 1.82) is 0 Å². The number of thioether (sulfide) groups is 2. The average Bonchev–Trinajstić information content (AvgIpc) is 3.38. The maximum Gasteiger partial charge on any atom is 0.434 e. The summed E-state index contributed by atoms with van der Waals surface area (Å²) in [7, 11) is 0. The predicted octanol–water partition coefficient (Wildman–Crippen LogP) is 5.93. The maximum atomic E-state index is 13.9. The molecule has 0 atom stereocenters. The first-order valence-corrected chi connectivity index (χ1v) is 11.3. The van der Waals surface area contributed by atoms with E-state index < -0.39 is 23.3 Å². The number of halogens is 3. The topological polar surface area (TPSA) is 46.9 Å². The lowest BCUT2D eigenvalue weighted by atomic mass is 10.1. The minimum Gasteiger partial charge on any atom is -0.322 e. The van der Waals surface area contributed by atoms with Gasteiger partial charge in [0.05, 0.1) is 22.0 Å². The molecule has 1 aromatic heterocycles. The van der Waals surface area contributed by atoms with E-state index >= 15 is 0 Å². The third-order valence-electron chi connectivity index (χ3n) is 4.66. The van der Waals surface area contributed by atoms with E-state index in [0.29, 0.717) is 11.3 Å². The molecule has 4 rings (SSSR count). The van der Waals surface area contributed by atoms with Gasteiger partial charge in [-0.25, -0.2) is 4.68 Å². The summed E-state index contributed by atoms with van der Waals surface area (Å²) in [5.41, 5.74) is 0.793. The van der Waals surface area contributed by atoms with Crippen LogP contribution in [0.25, 0.3) is 5.69 Å². The molecule has 2 heterocycles. The summed E-state index contributed by atoms with van der Waals surface area (Å²) in [5.74, 6) is 1.27. The smallest absolute Gasteiger partial charge is 0.322 e. The Morgan fingerprint density at radius 1 is 1.13 bits per heavy atom. The minimum absolute atomic E-state index is 0.274. The second-order valence-electron chi connectivity index (χ2n) is 6.76. The summed E-state index contributed by atoms with van der Waals surface area (Å²) < 4.78 is 42.7. The Bertz CT molecular complexity index is 1080. The predicted molar refractivity (Wildman–Crippen MR) is 115 cm³/mol. The SMILES string of the molecule is Cc1ccccc1-n1ncc(C(=O)Nc2cccc(C3SCCS3)c2)c1C(F)(F)F. The van der Waals surface area contributed by atoms with E-state index in [1.165, 1.54) is 0 Å². The monoisotopic (exact) mass is 449 g/mol. The van der Waals surface area contributed by atoms with Crippen LogP contribution in [0.4, 0.5) is 18.9 Å². The molecule has 1 saturated heterocycles. The summed E-state index contributed by atoms with van der Waals surface area (Å²) >= 11 is 3.63. The Hall–Kier alpha value is -2.39. The van der Waals surface area contributed by atoms with Gasteiger partial charge in [-0.15, -0.1) is 23.5 Å². The van der Waals surface area contributed by atoms with Crippen molar-refractivity contribution in [3.05, 3.63) is 77.1 Å². The number of benzene rings is 2. The summed E-state index contributed by atoms with van der Waals surface area (Å²) in [6.45, 7) is 1.70. The van der Waals surface area contributed by atoms with E-state index in [1.807, 2.05) is 35.7 Å². The van der Waals surface area contributed by atoms with Crippen LogP contribution in [0.3, 0.4) is 0 Å². The molecule has 0 bridgehead atoms. The number of rotatable bonds is 4. The number of anilines is 1. The molecule has 0 spiro atoms. The van der Waals surface area contributed by atoms with Crippen molar-refractivity contribution in [2.45, 2.75) is 17.7 Å². The van der Waals surface area contributed by atoms with E-state index in [9.17, 15) is 18.0 Å². The number of nitrogens with one attached hydrogen (secondary N) is 1. The van der Waals surface area contributed by atoms with Gasteiger partial charge in [0.2, 0.25) is 0 Å². The summed E-state index contributed by atoms with van der Waals surface area (Å²) in [5, 5.41) is 6.49. The van der Waals surface area contributed by atoms with Crippen LogP contribution in [0, 0.1) is 6.92 Å². The van der Waals surface area contributed by atoms with Crippen molar-refractivity contribution in [2.75, 3.05) is 16.8 Å². The molecule has 1 fully saturated rings. The van der Waals surface area contributed by atoms with E-state index in [4.69, 9.17) is 0 Å². The first-order valence-electron chi connectivity index (χ1n) is 9.20. The second-order valence-corrected chi connectivity index (χ2v) is 9.48. The maximum absolute atomic E-state index is 13.9. The van der Waals surface area contributed by atoms with Crippen LogP contribution in [-0.4, -0.2) is 27.2 Å². The van der Waals surface area contributed by atoms with E-state index in [1.54, 1.807) is 43.3 Å². The van der Waals surface area contributed by atoms with Crippen LogP contribution in [0.15, 0.2) is 54.7 Å². The summed E-state index contributed by atoms with van der Waals surface area (Å²) in [6.07, 6.45) is -3.78. The molecular weight excluding hydrogens is 431 g/mol. The number of alkyl halides is 3. The van der Waals surface area contributed by atoms with Crippen LogP contribution in [0.2, 0.25) is 0 Å². The molecule has 1 amide bonds. The van der Waals surface area contributed by atoms with Crippen LogP contribution >= 0.6 is 23.5 Å². The van der Waals surface area contributed by atoms with Crippen LogP contribution in [0.1, 0.15) is 31.8 Å². The fourth-order valence-corrected chi connectivity index (χ4v) is 6.12. The molecule has 0 saturated carbocycles. The highest BCUT2D eigenvalue weighted by Gasteiger charge is 2.40. The average molecular weight is 450 g/mol. The van der Waals surface area contributed by atoms with Crippen molar-refractivity contribution in [2.24, 2.45) is 0 Å². The van der Waals surface area contributed by atoms with Gasteiger partial charge in [0.15, 0.2) is 5.69 Å². The molecule has 3 aromatic rings. The zero-order chi connectivity index (χ0) is 21.3. The molecule has 0 unspecified atom stereocenters. The number of hydrogen-bond acceptors (Lipinski definition) is 4. The van der Waals surface area contributed by atoms with Crippen LogP contribution in [0.5, 0.6) is 0 Å². The van der Waals surface area contributed by atoms with Gasteiger partial charge < -0.3 is 5.32 Å². The summed E-state index contributed by atoms with van der Waals surface area (Å²) in [6, 6.07) is 13.8. The Kier molecular flexibility index (Phi) is 5.84. The minimum atomic E-state index is -4.75. The lowest BCUT2D eigenvalue weighted by molar-refractivity contribution is -0.143. The summed E-state index contributed by atoms with van der Waals surface area (Å²) in [4.78, 5) is 12.8. The van der Waals surface area contributed by atoms with Gasteiger partial charge in [-0.2, -0.15) is 18.3 Å².